The molecule has 3 aliphatic rings. The largest absolute Gasteiger partial charge is 0.454 e. The van der Waals surface area contributed by atoms with Crippen molar-refractivity contribution in [2.45, 2.75) is 92.4 Å². The Morgan fingerprint density at radius 1 is 0.757 bits per heavy atom. The summed E-state index contributed by atoms with van der Waals surface area (Å²) < 4.78 is 31.9. The van der Waals surface area contributed by atoms with Crippen molar-refractivity contribution in [3.8, 4) is 0 Å². The second-order valence-electron chi connectivity index (χ2n) is 8.99. The molecule has 0 unspecified atom stereocenters. The Hall–Kier alpha value is -1.13. The predicted octanol–water partition coefficient (Wildman–Crippen LogP) is -7.00. The molecule has 0 bridgehead atoms. The van der Waals surface area contributed by atoms with Crippen LogP contribution in [0.25, 0.3) is 0 Å². The van der Waals surface area contributed by atoms with Gasteiger partial charge in [-0.1, -0.05) is 0 Å². The molecule has 17 heteroatoms. The predicted molar refractivity (Wildman–Crippen MR) is 111 cm³/mol. The summed E-state index contributed by atoms with van der Waals surface area (Å²) >= 11 is 0. The number of aliphatic hydroxyl groups is 10. The molecule has 0 aromatic rings. The van der Waals surface area contributed by atoms with Gasteiger partial charge in [0.1, 0.15) is 67.6 Å². The summed E-state index contributed by atoms with van der Waals surface area (Å²) in [5.74, 6) is -3.33. The molecule has 0 spiro atoms. The van der Waals surface area contributed by atoms with Crippen LogP contribution in [-0.4, -0.2) is 169 Å². The Labute approximate surface area is 209 Å². The number of hydrogen-bond acceptors (Lipinski definition) is 17. The van der Waals surface area contributed by atoms with Gasteiger partial charge in [0.15, 0.2) is 12.4 Å². The molecule has 0 aliphatic carbocycles. The monoisotopic (exact) mass is 546 g/mol. The fourth-order valence-electron chi connectivity index (χ4n) is 4.32. The molecule has 10 N–H and O–H groups in total. The quantitative estimate of drug-likeness (QED) is 0.120. The summed E-state index contributed by atoms with van der Waals surface area (Å²) in [6.45, 7) is -2.25. The molecular formula is C20H34O17. The van der Waals surface area contributed by atoms with Crippen LogP contribution in [0.1, 0.15) is 6.92 Å². The molecule has 17 nitrogen and oxygen atoms in total. The smallest absolute Gasteiger partial charge is 0.303 e. The number of rotatable bonds is 9. The average Bonchev–Trinajstić information content (AvgIpc) is 3.11. The normalized spacial score (nSPS) is 48.7. The summed E-state index contributed by atoms with van der Waals surface area (Å²) in [7, 11) is 0. The van der Waals surface area contributed by atoms with Crippen LogP contribution in [0.3, 0.4) is 0 Å². The zero-order chi connectivity index (χ0) is 27.7. The SMILES string of the molecule is CC(=O)O[C@H]1[C@@H](O[C@]2(CO)O[C@H](CO)[C@@H](O)[C@@H]2O)O[C@H](CO[C@H]2O[C@H](CO)[C@H](O)[C@H](O)[C@H]2O)[C@@H](O)[C@@H]1O. The molecule has 3 fully saturated rings. The lowest BCUT2D eigenvalue weighted by atomic mass is 9.98. The molecule has 37 heavy (non-hydrogen) atoms. The number of hydrogen-bond donors (Lipinski definition) is 10. The van der Waals surface area contributed by atoms with Gasteiger partial charge in [0.2, 0.25) is 12.1 Å². The number of esters is 1. The van der Waals surface area contributed by atoms with Crippen molar-refractivity contribution in [3.63, 3.8) is 0 Å². The van der Waals surface area contributed by atoms with Gasteiger partial charge >= 0.3 is 5.97 Å². The summed E-state index contributed by atoms with van der Waals surface area (Å²) in [5.41, 5.74) is 0. The van der Waals surface area contributed by atoms with Crippen molar-refractivity contribution < 1.29 is 84.3 Å². The first-order valence-corrected chi connectivity index (χ1v) is 11.4. The first-order valence-electron chi connectivity index (χ1n) is 11.4. The summed E-state index contributed by atoms with van der Waals surface area (Å²) in [4.78, 5) is 11.6. The van der Waals surface area contributed by atoms with E-state index >= 15 is 0 Å². The lowest BCUT2D eigenvalue weighted by Gasteiger charge is -2.45. The molecule has 0 aromatic carbocycles. The van der Waals surface area contributed by atoms with Crippen molar-refractivity contribution in [1.29, 1.82) is 0 Å². The molecule has 216 valence electrons. The van der Waals surface area contributed by atoms with Crippen LogP contribution < -0.4 is 0 Å². The van der Waals surface area contributed by atoms with E-state index in [-0.39, 0.29) is 0 Å². The Morgan fingerprint density at radius 2 is 1.35 bits per heavy atom. The van der Waals surface area contributed by atoms with Gasteiger partial charge in [-0.15, -0.1) is 0 Å². The van der Waals surface area contributed by atoms with Gasteiger partial charge < -0.3 is 79.5 Å². The van der Waals surface area contributed by atoms with Gasteiger partial charge in [0.25, 0.3) is 0 Å². The van der Waals surface area contributed by atoms with Gasteiger partial charge in [0, 0.05) is 6.92 Å². The van der Waals surface area contributed by atoms with Crippen LogP contribution in [0.5, 0.6) is 0 Å². The number of ether oxygens (including phenoxy) is 6. The first kappa shape index (κ1) is 30.4. The Bertz CT molecular complexity index is 754. The standard InChI is InChI=1S/C20H34O17/c1-6(24)33-16-14(29)11(26)9(4-32-18-15(30)13(28)10(25)7(2-21)34-18)35-19(16)37-20(5-23)17(31)12(27)8(3-22)36-20/h7-19,21-23,25-31H,2-5H2,1H3/t7-,8-,9-,10+,11-,12-,13+,14+,15-,16-,17+,18+,19-,20+/m1/s1. The van der Waals surface area contributed by atoms with E-state index in [9.17, 15) is 55.9 Å². The molecular weight excluding hydrogens is 512 g/mol. The molecule has 0 aromatic heterocycles. The minimum atomic E-state index is -2.40. The average molecular weight is 546 g/mol. The Morgan fingerprint density at radius 3 is 1.89 bits per heavy atom. The third-order valence-electron chi connectivity index (χ3n) is 6.44. The minimum Gasteiger partial charge on any atom is -0.454 e. The van der Waals surface area contributed by atoms with E-state index in [1.165, 1.54) is 0 Å². The van der Waals surface area contributed by atoms with Gasteiger partial charge in [-0.3, -0.25) is 4.79 Å². The maximum absolute atomic E-state index is 11.6. The molecule has 3 rings (SSSR count). The molecule has 14 atom stereocenters. The highest BCUT2D eigenvalue weighted by atomic mass is 16.8. The maximum atomic E-state index is 11.6. The van der Waals surface area contributed by atoms with Gasteiger partial charge in [-0.2, -0.15) is 0 Å². The number of carbonyl (C=O) groups is 1. The highest BCUT2D eigenvalue weighted by Crippen LogP contribution is 2.37. The minimum absolute atomic E-state index is 0.662. The zero-order valence-corrected chi connectivity index (χ0v) is 19.7. The van der Waals surface area contributed by atoms with E-state index in [2.05, 4.69) is 0 Å². The molecule has 3 aliphatic heterocycles. The van der Waals surface area contributed by atoms with Crippen molar-refractivity contribution >= 4 is 5.97 Å². The second kappa shape index (κ2) is 12.4. The fourth-order valence-corrected chi connectivity index (χ4v) is 4.32. The van der Waals surface area contributed by atoms with E-state index in [1.807, 2.05) is 0 Å². The summed E-state index contributed by atoms with van der Waals surface area (Å²) in [6, 6.07) is 0. The van der Waals surface area contributed by atoms with E-state index < -0.39 is 118 Å². The lowest BCUT2D eigenvalue weighted by Crippen LogP contribution is -2.64. The first-order chi connectivity index (χ1) is 17.4. The summed E-state index contributed by atoms with van der Waals surface area (Å²) in [5, 5.41) is 100. The van der Waals surface area contributed by atoms with Gasteiger partial charge in [-0.25, -0.2) is 0 Å². The van der Waals surface area contributed by atoms with Crippen LogP contribution in [-0.2, 0) is 33.2 Å². The van der Waals surface area contributed by atoms with E-state index in [4.69, 9.17) is 28.4 Å². The number of aliphatic hydroxyl groups excluding tert-OH is 10. The molecule has 0 saturated carbocycles. The van der Waals surface area contributed by atoms with Crippen molar-refractivity contribution in [3.05, 3.63) is 0 Å². The lowest BCUT2D eigenvalue weighted by molar-refractivity contribution is -0.388. The Balaban J connectivity index is 1.78. The topological polar surface area (TPSA) is 275 Å². The van der Waals surface area contributed by atoms with Crippen LogP contribution in [0.15, 0.2) is 0 Å². The highest BCUT2D eigenvalue weighted by Gasteiger charge is 2.59. The molecule has 3 saturated heterocycles. The van der Waals surface area contributed by atoms with Crippen LogP contribution in [0, 0.1) is 0 Å². The van der Waals surface area contributed by atoms with Gasteiger partial charge in [0.05, 0.1) is 19.8 Å². The van der Waals surface area contributed by atoms with Crippen LogP contribution >= 0.6 is 0 Å². The third kappa shape index (κ3) is 6.06. The van der Waals surface area contributed by atoms with Gasteiger partial charge in [-0.05, 0) is 0 Å². The summed E-state index contributed by atoms with van der Waals surface area (Å²) in [6.07, 6.45) is -21.9. The van der Waals surface area contributed by atoms with Crippen molar-refractivity contribution in [2.75, 3.05) is 26.4 Å². The molecule has 3 heterocycles. The third-order valence-corrected chi connectivity index (χ3v) is 6.44. The molecule has 0 amide bonds. The fraction of sp³-hybridized carbons (Fsp3) is 0.950. The van der Waals surface area contributed by atoms with Crippen LogP contribution in [0.2, 0.25) is 0 Å². The zero-order valence-electron chi connectivity index (χ0n) is 19.7. The molecule has 0 radical (unpaired) electrons. The number of carbonyl (C=O) groups excluding carboxylic acids is 1. The maximum Gasteiger partial charge on any atom is 0.303 e. The Kier molecular flexibility index (Phi) is 10.2. The van der Waals surface area contributed by atoms with E-state index in [1.54, 1.807) is 0 Å². The van der Waals surface area contributed by atoms with E-state index in [0.29, 0.717) is 0 Å². The van der Waals surface area contributed by atoms with Crippen molar-refractivity contribution in [2.24, 2.45) is 0 Å². The van der Waals surface area contributed by atoms with Crippen molar-refractivity contribution in [1.82, 2.24) is 0 Å². The van der Waals surface area contributed by atoms with Crippen LogP contribution in [0.4, 0.5) is 0 Å². The highest BCUT2D eigenvalue weighted by molar-refractivity contribution is 5.66. The second-order valence-corrected chi connectivity index (χ2v) is 8.99. The van der Waals surface area contributed by atoms with E-state index in [0.717, 1.165) is 6.92 Å².